The zero-order chi connectivity index (χ0) is 25.1. The molecule has 3 N–H and O–H groups in total. The van der Waals surface area contributed by atoms with E-state index in [1.165, 1.54) is 11.6 Å². The van der Waals surface area contributed by atoms with Crippen molar-refractivity contribution in [3.05, 3.63) is 46.0 Å². The molecule has 2 rings (SSSR count). The Kier molecular flexibility index (Phi) is 8.34. The third-order valence-corrected chi connectivity index (χ3v) is 7.37. The molecule has 6 heteroatoms. The zero-order valence-electron chi connectivity index (χ0n) is 21.1. The van der Waals surface area contributed by atoms with Crippen molar-refractivity contribution in [3.8, 4) is 17.2 Å². The van der Waals surface area contributed by atoms with Crippen molar-refractivity contribution < 1.29 is 19.7 Å². The highest BCUT2D eigenvalue weighted by molar-refractivity contribution is 6.33. The van der Waals surface area contributed by atoms with E-state index in [4.69, 9.17) is 16.3 Å². The Morgan fingerprint density at radius 3 is 2.21 bits per heavy atom. The van der Waals surface area contributed by atoms with Gasteiger partial charge in [0.05, 0.1) is 10.7 Å². The van der Waals surface area contributed by atoms with Crippen LogP contribution in [0.1, 0.15) is 84.4 Å². The number of benzene rings is 2. The van der Waals surface area contributed by atoms with Gasteiger partial charge in [-0.1, -0.05) is 72.2 Å². The van der Waals surface area contributed by atoms with Crippen molar-refractivity contribution in [3.63, 3.8) is 0 Å². The summed E-state index contributed by atoms with van der Waals surface area (Å²) in [6.07, 6.45) is 1.56. The summed E-state index contributed by atoms with van der Waals surface area (Å²) >= 11 is 6.07. The summed E-state index contributed by atoms with van der Waals surface area (Å²) in [6, 6.07) is 7.52. The van der Waals surface area contributed by atoms with Crippen LogP contribution >= 0.6 is 11.6 Å². The zero-order valence-corrected chi connectivity index (χ0v) is 21.9. The van der Waals surface area contributed by atoms with Gasteiger partial charge in [0.1, 0.15) is 11.5 Å². The number of phenols is 2. The average molecular weight is 476 g/mol. The predicted octanol–water partition coefficient (Wildman–Crippen LogP) is 7.23. The van der Waals surface area contributed by atoms with Crippen LogP contribution in [0.15, 0.2) is 24.3 Å². The van der Waals surface area contributed by atoms with Gasteiger partial charge in [0.15, 0.2) is 11.9 Å². The Labute approximate surface area is 203 Å². The highest BCUT2D eigenvalue weighted by Gasteiger charge is 2.29. The van der Waals surface area contributed by atoms with Gasteiger partial charge in [-0.25, -0.2) is 0 Å². The average Bonchev–Trinajstić information content (AvgIpc) is 2.79. The number of halogens is 1. The molecule has 2 aromatic rings. The predicted molar refractivity (Wildman–Crippen MR) is 136 cm³/mol. The number of anilines is 1. The van der Waals surface area contributed by atoms with Crippen LogP contribution in [0, 0.1) is 6.92 Å². The number of carbonyl (C=O) groups excluding carboxylic acids is 1. The van der Waals surface area contributed by atoms with Gasteiger partial charge in [-0.05, 0) is 48.6 Å². The maximum atomic E-state index is 13.0. The fraction of sp³-hybridized carbons (Fsp3) is 0.519. The van der Waals surface area contributed by atoms with Crippen molar-refractivity contribution >= 4 is 23.2 Å². The van der Waals surface area contributed by atoms with Gasteiger partial charge >= 0.3 is 0 Å². The van der Waals surface area contributed by atoms with E-state index in [1.807, 2.05) is 13.0 Å². The summed E-state index contributed by atoms with van der Waals surface area (Å²) in [5, 5.41) is 23.0. The molecule has 1 atom stereocenters. The van der Waals surface area contributed by atoms with Crippen molar-refractivity contribution in [1.82, 2.24) is 0 Å². The van der Waals surface area contributed by atoms with Crippen molar-refractivity contribution in [2.75, 3.05) is 5.32 Å². The first kappa shape index (κ1) is 26.8. The molecule has 0 aromatic heterocycles. The second kappa shape index (κ2) is 10.3. The van der Waals surface area contributed by atoms with E-state index in [0.717, 1.165) is 18.4 Å². The Morgan fingerprint density at radius 1 is 1.06 bits per heavy atom. The lowest BCUT2D eigenvalue weighted by Crippen LogP contribution is -2.33. The fourth-order valence-electron chi connectivity index (χ4n) is 3.48. The third kappa shape index (κ3) is 5.75. The molecule has 0 aliphatic rings. The van der Waals surface area contributed by atoms with Crippen LogP contribution in [0.5, 0.6) is 17.2 Å². The van der Waals surface area contributed by atoms with Crippen LogP contribution in [0.3, 0.4) is 0 Å². The number of hydrogen-bond donors (Lipinski definition) is 3. The SMILES string of the molecule is CCC(Oc1ccc(C(C)(C)CC)cc1C(C)(C)CC)C(=O)Nc1cc(O)c(C)c(Cl)c1O. The molecule has 0 saturated heterocycles. The molecular weight excluding hydrogens is 438 g/mol. The monoisotopic (exact) mass is 475 g/mol. The van der Waals surface area contributed by atoms with E-state index < -0.39 is 12.0 Å². The lowest BCUT2D eigenvalue weighted by Gasteiger charge is -2.31. The summed E-state index contributed by atoms with van der Waals surface area (Å²) in [6.45, 7) is 16.6. The first-order valence-corrected chi connectivity index (χ1v) is 12.0. The van der Waals surface area contributed by atoms with Crippen LogP contribution in [-0.2, 0) is 15.6 Å². The number of amides is 1. The van der Waals surface area contributed by atoms with Crippen molar-refractivity contribution in [2.45, 2.75) is 91.6 Å². The molecule has 0 radical (unpaired) electrons. The van der Waals surface area contributed by atoms with Gasteiger partial charge in [-0.2, -0.15) is 0 Å². The molecule has 0 fully saturated rings. The summed E-state index contributed by atoms with van der Waals surface area (Å²) < 4.78 is 6.25. The normalized spacial score (nSPS) is 13.0. The molecule has 0 bridgehead atoms. The van der Waals surface area contributed by atoms with Gasteiger partial charge in [-0.15, -0.1) is 0 Å². The lowest BCUT2D eigenvalue weighted by atomic mass is 9.76. The van der Waals surface area contributed by atoms with Crippen LogP contribution in [0.4, 0.5) is 5.69 Å². The molecule has 0 spiro atoms. The van der Waals surface area contributed by atoms with E-state index in [0.29, 0.717) is 17.7 Å². The van der Waals surface area contributed by atoms with Crippen LogP contribution < -0.4 is 10.1 Å². The summed E-state index contributed by atoms with van der Waals surface area (Å²) in [4.78, 5) is 13.0. The minimum absolute atomic E-state index is 0.000348. The summed E-state index contributed by atoms with van der Waals surface area (Å²) in [5.74, 6) is -0.142. The Balaban J connectivity index is 2.40. The number of nitrogens with one attached hydrogen (secondary N) is 1. The number of carbonyl (C=O) groups is 1. The lowest BCUT2D eigenvalue weighted by molar-refractivity contribution is -0.122. The molecule has 1 unspecified atom stereocenters. The molecular formula is C27H38ClNO4. The number of hydrogen-bond acceptors (Lipinski definition) is 4. The number of rotatable bonds is 9. The summed E-state index contributed by atoms with van der Waals surface area (Å²) in [5.41, 5.74) is 2.58. The van der Waals surface area contributed by atoms with Crippen molar-refractivity contribution in [1.29, 1.82) is 0 Å². The minimum atomic E-state index is -0.789. The van der Waals surface area contributed by atoms with Crippen LogP contribution in [0.2, 0.25) is 5.02 Å². The number of ether oxygens (including phenoxy) is 1. The molecule has 182 valence electrons. The topological polar surface area (TPSA) is 78.8 Å². The van der Waals surface area contributed by atoms with Gasteiger partial charge in [0.25, 0.3) is 5.91 Å². The molecule has 1 amide bonds. The van der Waals surface area contributed by atoms with Gasteiger partial charge in [-0.3, -0.25) is 4.79 Å². The molecule has 2 aromatic carbocycles. The molecule has 0 saturated carbocycles. The quantitative estimate of drug-likeness (QED) is 0.264. The van der Waals surface area contributed by atoms with E-state index in [9.17, 15) is 15.0 Å². The van der Waals surface area contributed by atoms with Crippen LogP contribution in [-0.4, -0.2) is 22.2 Å². The van der Waals surface area contributed by atoms with E-state index >= 15 is 0 Å². The van der Waals surface area contributed by atoms with E-state index in [2.05, 4.69) is 59.0 Å². The van der Waals surface area contributed by atoms with Gasteiger partial charge < -0.3 is 20.3 Å². The van der Waals surface area contributed by atoms with Gasteiger partial charge in [0.2, 0.25) is 0 Å². The fourth-order valence-corrected chi connectivity index (χ4v) is 3.68. The highest BCUT2D eigenvalue weighted by Crippen LogP contribution is 2.41. The Bertz CT molecular complexity index is 1010. The largest absolute Gasteiger partial charge is 0.508 e. The first-order chi connectivity index (χ1) is 15.3. The maximum absolute atomic E-state index is 13.0. The Hall–Kier alpha value is -2.40. The second-order valence-corrected chi connectivity index (χ2v) is 10.3. The minimum Gasteiger partial charge on any atom is -0.508 e. The molecule has 0 heterocycles. The van der Waals surface area contributed by atoms with E-state index in [1.54, 1.807) is 6.92 Å². The molecule has 0 aliphatic carbocycles. The summed E-state index contributed by atoms with van der Waals surface area (Å²) in [7, 11) is 0. The first-order valence-electron chi connectivity index (χ1n) is 11.6. The van der Waals surface area contributed by atoms with Crippen LogP contribution in [0.25, 0.3) is 0 Å². The molecule has 0 aliphatic heterocycles. The third-order valence-electron chi connectivity index (χ3n) is 6.91. The molecule has 5 nitrogen and oxygen atoms in total. The smallest absolute Gasteiger partial charge is 0.265 e. The maximum Gasteiger partial charge on any atom is 0.265 e. The Morgan fingerprint density at radius 2 is 1.67 bits per heavy atom. The van der Waals surface area contributed by atoms with Crippen molar-refractivity contribution in [2.24, 2.45) is 0 Å². The standard InChI is InChI=1S/C27H38ClNO4/c1-9-21(25(32)29-19-15-20(30)16(4)23(28)24(19)31)33-22-13-12-17(26(5,6)10-2)14-18(22)27(7,8)11-3/h12-15,21,30-31H,9-11H2,1-8H3,(H,29,32). The second-order valence-electron chi connectivity index (χ2n) is 9.92. The number of aromatic hydroxyl groups is 2. The van der Waals surface area contributed by atoms with E-state index in [-0.39, 0.29) is 33.0 Å². The number of phenolic OH excluding ortho intramolecular Hbond substituents is 2. The molecule has 33 heavy (non-hydrogen) atoms. The van der Waals surface area contributed by atoms with Gasteiger partial charge in [0, 0.05) is 17.2 Å². The highest BCUT2D eigenvalue weighted by atomic mass is 35.5.